The molecule has 1 aliphatic rings. The predicted molar refractivity (Wildman–Crippen MR) is 88.3 cm³/mol. The van der Waals surface area contributed by atoms with Gasteiger partial charge in [0.1, 0.15) is 0 Å². The van der Waals surface area contributed by atoms with Crippen LogP contribution in [0, 0.1) is 5.92 Å². The Kier molecular flexibility index (Phi) is 5.46. The molecule has 130 valence electrons. The van der Waals surface area contributed by atoms with Crippen molar-refractivity contribution in [1.29, 1.82) is 0 Å². The van der Waals surface area contributed by atoms with Gasteiger partial charge in [0, 0.05) is 32.0 Å². The lowest BCUT2D eigenvalue weighted by Gasteiger charge is -2.32. The Morgan fingerprint density at radius 1 is 1.43 bits per heavy atom. The highest BCUT2D eigenvalue weighted by Gasteiger charge is 2.32. The summed E-state index contributed by atoms with van der Waals surface area (Å²) >= 11 is 0. The first-order valence-electron chi connectivity index (χ1n) is 8.00. The molecule has 1 aromatic rings. The summed E-state index contributed by atoms with van der Waals surface area (Å²) < 4.78 is 27.4. The van der Waals surface area contributed by atoms with Crippen LogP contribution in [0.1, 0.15) is 33.6 Å². The molecule has 1 aliphatic heterocycles. The van der Waals surface area contributed by atoms with Crippen LogP contribution >= 0.6 is 0 Å². The molecule has 0 aromatic carbocycles. The maximum atomic E-state index is 12.4. The van der Waals surface area contributed by atoms with Crippen LogP contribution < -0.4 is 5.32 Å². The fraction of sp³-hybridized carbons (Fsp3) is 0.733. The number of sulfonamides is 1. The van der Waals surface area contributed by atoms with Crippen molar-refractivity contribution in [2.24, 2.45) is 5.92 Å². The molecule has 8 heteroatoms. The minimum absolute atomic E-state index is 0.0748. The van der Waals surface area contributed by atoms with E-state index in [1.54, 1.807) is 19.4 Å². The van der Waals surface area contributed by atoms with E-state index in [1.165, 1.54) is 4.31 Å². The molecule has 1 fully saturated rings. The largest absolute Gasteiger partial charge is 0.353 e. The molecule has 2 rings (SSSR count). The van der Waals surface area contributed by atoms with Gasteiger partial charge in [0.2, 0.25) is 15.9 Å². The normalized spacial score (nSPS) is 20.4. The van der Waals surface area contributed by atoms with Crippen molar-refractivity contribution in [3.8, 4) is 0 Å². The summed E-state index contributed by atoms with van der Waals surface area (Å²) in [6.45, 7) is 6.94. The second-order valence-corrected chi connectivity index (χ2v) is 8.86. The van der Waals surface area contributed by atoms with E-state index < -0.39 is 10.0 Å². The fourth-order valence-corrected chi connectivity index (χ4v) is 3.93. The lowest BCUT2D eigenvalue weighted by atomic mass is 9.98. The third-order valence-corrected chi connectivity index (χ3v) is 6.26. The minimum atomic E-state index is -3.23. The summed E-state index contributed by atoms with van der Waals surface area (Å²) in [4.78, 5) is 16.4. The molecule has 1 amide bonds. The first kappa shape index (κ1) is 17.9. The van der Waals surface area contributed by atoms with Crippen LogP contribution in [0.5, 0.6) is 0 Å². The van der Waals surface area contributed by atoms with Crippen LogP contribution in [0.15, 0.2) is 18.7 Å². The van der Waals surface area contributed by atoms with Crippen LogP contribution in [0.3, 0.4) is 0 Å². The van der Waals surface area contributed by atoms with Crippen molar-refractivity contribution < 1.29 is 13.2 Å². The number of hydrogen-bond acceptors (Lipinski definition) is 4. The van der Waals surface area contributed by atoms with Crippen molar-refractivity contribution in [2.45, 2.75) is 39.2 Å². The number of amides is 1. The van der Waals surface area contributed by atoms with E-state index in [-0.39, 0.29) is 29.7 Å². The molecule has 0 radical (unpaired) electrons. The van der Waals surface area contributed by atoms with Gasteiger partial charge in [0.15, 0.2) is 0 Å². The van der Waals surface area contributed by atoms with Gasteiger partial charge in [-0.1, -0.05) is 0 Å². The average molecular weight is 342 g/mol. The van der Waals surface area contributed by atoms with E-state index in [0.29, 0.717) is 13.1 Å². The number of piperidine rings is 1. The van der Waals surface area contributed by atoms with E-state index in [4.69, 9.17) is 0 Å². The first-order chi connectivity index (χ1) is 10.8. The number of imidazole rings is 1. The third-order valence-electron chi connectivity index (χ3n) is 4.41. The zero-order valence-corrected chi connectivity index (χ0v) is 14.8. The molecule has 1 N–H and O–H groups in total. The molecule has 7 nitrogen and oxygen atoms in total. The van der Waals surface area contributed by atoms with E-state index in [0.717, 1.165) is 12.8 Å². The molecule has 0 aliphatic carbocycles. The number of nitrogens with one attached hydrogen (secondary N) is 1. The number of carbonyl (C=O) groups is 1. The molecule has 0 bridgehead atoms. The Morgan fingerprint density at radius 3 is 2.78 bits per heavy atom. The number of hydrogen-bond donors (Lipinski definition) is 1. The van der Waals surface area contributed by atoms with Crippen molar-refractivity contribution in [3.05, 3.63) is 18.7 Å². The van der Waals surface area contributed by atoms with Gasteiger partial charge in [-0.05, 0) is 33.6 Å². The third kappa shape index (κ3) is 4.32. The van der Waals surface area contributed by atoms with Gasteiger partial charge in [-0.25, -0.2) is 17.7 Å². The first-order valence-corrected chi connectivity index (χ1v) is 9.61. The van der Waals surface area contributed by atoms with Gasteiger partial charge in [0.25, 0.3) is 0 Å². The zero-order chi connectivity index (χ0) is 17.1. The summed E-state index contributed by atoms with van der Waals surface area (Å²) in [6, 6.07) is 0. The molecular formula is C15H26N4O3S. The number of nitrogens with zero attached hydrogens (tertiary/aromatic N) is 3. The van der Waals surface area contributed by atoms with E-state index in [9.17, 15) is 13.2 Å². The Morgan fingerprint density at radius 2 is 2.17 bits per heavy atom. The summed E-state index contributed by atoms with van der Waals surface area (Å²) in [6.07, 6.45) is 6.75. The Balaban J connectivity index is 1.93. The second kappa shape index (κ2) is 7.00. The summed E-state index contributed by atoms with van der Waals surface area (Å²) in [5, 5.41) is 2.96. The summed E-state index contributed by atoms with van der Waals surface area (Å²) in [7, 11) is -3.23. The molecule has 2 heterocycles. The summed E-state index contributed by atoms with van der Waals surface area (Å²) in [5.74, 6) is -0.271. The fourth-order valence-electron chi connectivity index (χ4n) is 2.75. The van der Waals surface area contributed by atoms with Crippen LogP contribution in [-0.2, 0) is 20.4 Å². The maximum Gasteiger partial charge on any atom is 0.224 e. The van der Waals surface area contributed by atoms with Gasteiger partial charge in [-0.3, -0.25) is 4.79 Å². The molecule has 23 heavy (non-hydrogen) atoms. The van der Waals surface area contributed by atoms with Crippen LogP contribution in [0.25, 0.3) is 0 Å². The van der Waals surface area contributed by atoms with E-state index in [1.807, 2.05) is 24.6 Å². The van der Waals surface area contributed by atoms with Crippen LogP contribution in [0.2, 0.25) is 0 Å². The van der Waals surface area contributed by atoms with Crippen molar-refractivity contribution >= 4 is 15.9 Å². The topological polar surface area (TPSA) is 84.3 Å². The van der Waals surface area contributed by atoms with E-state index in [2.05, 4.69) is 10.3 Å². The van der Waals surface area contributed by atoms with Gasteiger partial charge in [-0.2, -0.15) is 0 Å². The minimum Gasteiger partial charge on any atom is -0.353 e. The predicted octanol–water partition coefficient (Wildman–Crippen LogP) is 0.796. The van der Waals surface area contributed by atoms with Gasteiger partial charge < -0.3 is 9.88 Å². The van der Waals surface area contributed by atoms with Crippen molar-refractivity contribution in [3.63, 3.8) is 0 Å². The average Bonchev–Trinajstić information content (AvgIpc) is 3.08. The summed E-state index contributed by atoms with van der Waals surface area (Å²) in [5.41, 5.74) is -0.282. The second-order valence-electron chi connectivity index (χ2n) is 6.60. The Hall–Kier alpha value is -1.41. The number of carbonyl (C=O) groups excluding carboxylic acids is 1. The Labute approximate surface area is 138 Å². The zero-order valence-electron chi connectivity index (χ0n) is 14.0. The molecule has 1 atom stereocenters. The van der Waals surface area contributed by atoms with E-state index >= 15 is 0 Å². The lowest BCUT2D eigenvalue weighted by molar-refractivity contribution is -0.126. The molecule has 1 aromatic heterocycles. The molecule has 1 unspecified atom stereocenters. The molecule has 1 saturated heterocycles. The monoisotopic (exact) mass is 342 g/mol. The van der Waals surface area contributed by atoms with Gasteiger partial charge in [0.05, 0.1) is 23.5 Å². The number of rotatable bonds is 6. The maximum absolute atomic E-state index is 12.4. The van der Waals surface area contributed by atoms with Gasteiger partial charge >= 0.3 is 0 Å². The van der Waals surface area contributed by atoms with Gasteiger partial charge in [-0.15, -0.1) is 0 Å². The quantitative estimate of drug-likeness (QED) is 0.828. The highest BCUT2D eigenvalue weighted by Crippen LogP contribution is 2.20. The van der Waals surface area contributed by atoms with Crippen LogP contribution in [0.4, 0.5) is 0 Å². The SMILES string of the molecule is CCS(=O)(=O)N1CCCC(C(=O)NCC(C)(C)n2ccnc2)C1. The number of aromatic nitrogens is 2. The van der Waals surface area contributed by atoms with Crippen LogP contribution in [-0.4, -0.2) is 53.6 Å². The molecule has 0 spiro atoms. The molecule has 0 saturated carbocycles. The highest BCUT2D eigenvalue weighted by molar-refractivity contribution is 7.89. The molecular weight excluding hydrogens is 316 g/mol. The standard InChI is InChI=1S/C15H26N4O3S/c1-4-23(21,22)19-8-5-6-13(10-19)14(20)17-11-15(2,3)18-9-7-16-12-18/h7,9,12-13H,4-6,8,10-11H2,1-3H3,(H,17,20). The lowest BCUT2D eigenvalue weighted by Crippen LogP contribution is -2.48. The Bertz CT molecular complexity index is 625. The van der Waals surface area contributed by atoms with Crippen molar-refractivity contribution in [1.82, 2.24) is 19.2 Å². The highest BCUT2D eigenvalue weighted by atomic mass is 32.2. The van der Waals surface area contributed by atoms with Crippen molar-refractivity contribution in [2.75, 3.05) is 25.4 Å². The smallest absolute Gasteiger partial charge is 0.224 e.